The number of alkyl halides is 2. The third-order valence-electron chi connectivity index (χ3n) is 4.23. The Morgan fingerprint density at radius 1 is 0.952 bits per heavy atom. The van der Waals surface area contributed by atoms with E-state index >= 15 is 0 Å². The Labute approximate surface area is 140 Å². The summed E-state index contributed by atoms with van der Waals surface area (Å²) in [5.41, 5.74) is 2.58. The predicted octanol–water partition coefficient (Wildman–Crippen LogP) is 5.51. The van der Waals surface area contributed by atoms with Crippen LogP contribution in [0.3, 0.4) is 0 Å². The van der Waals surface area contributed by atoms with E-state index < -0.39 is 0 Å². The fraction of sp³-hybridized carbons (Fsp3) is 0.333. The molecule has 2 aromatic carbocycles. The molecule has 0 aliphatic carbocycles. The predicted molar refractivity (Wildman–Crippen MR) is 94.0 cm³/mol. The first-order valence-electron chi connectivity index (χ1n) is 7.19. The molecule has 21 heavy (non-hydrogen) atoms. The van der Waals surface area contributed by atoms with E-state index in [-0.39, 0.29) is 5.41 Å². The lowest BCUT2D eigenvalue weighted by atomic mass is 9.79. The van der Waals surface area contributed by atoms with Crippen molar-refractivity contribution >= 4 is 35.0 Å². The van der Waals surface area contributed by atoms with E-state index in [1.54, 1.807) is 0 Å². The number of halogens is 2. The number of hydrogen-bond acceptors (Lipinski definition) is 1. The van der Waals surface area contributed by atoms with Crippen LogP contribution in [0.2, 0.25) is 0 Å². The van der Waals surface area contributed by atoms with Crippen LogP contribution in [0.15, 0.2) is 59.5 Å². The van der Waals surface area contributed by atoms with Gasteiger partial charge >= 0.3 is 0 Å². The van der Waals surface area contributed by atoms with Crippen LogP contribution in [0.25, 0.3) is 0 Å². The lowest BCUT2D eigenvalue weighted by molar-refractivity contribution is 0.483. The smallest absolute Gasteiger partial charge is 0.0332 e. The van der Waals surface area contributed by atoms with Crippen LogP contribution in [0, 0.1) is 0 Å². The minimum atomic E-state index is -0.135. The van der Waals surface area contributed by atoms with Gasteiger partial charge in [0.25, 0.3) is 0 Å². The second-order valence-electron chi connectivity index (χ2n) is 5.67. The van der Waals surface area contributed by atoms with Gasteiger partial charge in [-0.05, 0) is 30.0 Å². The van der Waals surface area contributed by atoms with Crippen molar-refractivity contribution in [2.75, 3.05) is 11.8 Å². The minimum Gasteiger partial charge on any atom is -0.126 e. The van der Waals surface area contributed by atoms with E-state index in [1.165, 1.54) is 16.0 Å². The molecule has 0 bridgehead atoms. The number of hydrogen-bond donors (Lipinski definition) is 0. The summed E-state index contributed by atoms with van der Waals surface area (Å²) in [6.07, 6.45) is 2.13. The lowest BCUT2D eigenvalue weighted by Crippen LogP contribution is -2.34. The molecule has 0 saturated carbocycles. The Kier molecular flexibility index (Phi) is 4.83. The van der Waals surface area contributed by atoms with Gasteiger partial charge in [0.1, 0.15) is 0 Å². The summed E-state index contributed by atoms with van der Waals surface area (Å²) in [5.74, 6) is 1.13. The average Bonchev–Trinajstić information content (AvgIpc) is 2.96. The highest BCUT2D eigenvalue weighted by molar-refractivity contribution is 8.00. The third kappa shape index (κ3) is 3.11. The van der Waals surface area contributed by atoms with Crippen molar-refractivity contribution in [3.63, 3.8) is 0 Å². The van der Waals surface area contributed by atoms with Crippen LogP contribution in [0.1, 0.15) is 17.5 Å². The van der Waals surface area contributed by atoms with Crippen molar-refractivity contribution < 1.29 is 0 Å². The Morgan fingerprint density at radius 2 is 1.62 bits per heavy atom. The van der Waals surface area contributed by atoms with Gasteiger partial charge in [-0.15, -0.1) is 35.0 Å². The maximum absolute atomic E-state index is 6.35. The van der Waals surface area contributed by atoms with Gasteiger partial charge < -0.3 is 0 Å². The molecule has 3 rings (SSSR count). The second-order valence-corrected chi connectivity index (χ2v) is 7.55. The zero-order chi connectivity index (χ0) is 14.7. The van der Waals surface area contributed by atoms with Gasteiger partial charge in [-0.25, -0.2) is 0 Å². The first-order chi connectivity index (χ1) is 10.3. The number of benzene rings is 2. The summed E-state index contributed by atoms with van der Waals surface area (Å²) in [7, 11) is 0. The maximum Gasteiger partial charge on any atom is 0.0332 e. The van der Waals surface area contributed by atoms with Crippen LogP contribution in [-0.4, -0.2) is 17.0 Å². The zero-order valence-corrected chi connectivity index (χ0v) is 14.1. The van der Waals surface area contributed by atoms with Crippen molar-refractivity contribution in [1.82, 2.24) is 0 Å². The summed E-state index contributed by atoms with van der Waals surface area (Å²) in [6.45, 7) is 0. The quantitative estimate of drug-likeness (QED) is 0.648. The molecule has 0 fully saturated rings. The summed E-state index contributed by atoms with van der Waals surface area (Å²) in [5, 5.41) is 0.556. The first-order valence-corrected chi connectivity index (χ1v) is 9.14. The minimum absolute atomic E-state index is 0.135. The topological polar surface area (TPSA) is 0 Å². The first kappa shape index (κ1) is 15.3. The summed E-state index contributed by atoms with van der Waals surface area (Å²) < 4.78 is 0. The standard InChI is InChI=1S/C18H18Cl2S/c19-12-18(13-20,15-7-2-1-3-8-15)11-16-10-14-6-4-5-9-17(14)21-16/h1-9,16H,10-13H2. The molecule has 1 aliphatic rings. The van der Waals surface area contributed by atoms with Crippen LogP contribution in [0.4, 0.5) is 0 Å². The van der Waals surface area contributed by atoms with Gasteiger partial charge in [0.2, 0.25) is 0 Å². The third-order valence-corrected chi connectivity index (χ3v) is 6.57. The van der Waals surface area contributed by atoms with Gasteiger partial charge in [-0.1, -0.05) is 48.5 Å². The second kappa shape index (κ2) is 6.64. The molecule has 1 aliphatic heterocycles. The highest BCUT2D eigenvalue weighted by Gasteiger charge is 2.36. The van der Waals surface area contributed by atoms with Gasteiger partial charge in [0.15, 0.2) is 0 Å². The molecule has 1 heterocycles. The zero-order valence-electron chi connectivity index (χ0n) is 11.8. The summed E-state index contributed by atoms with van der Waals surface area (Å²) in [4.78, 5) is 1.41. The average molecular weight is 337 g/mol. The Morgan fingerprint density at radius 3 is 2.29 bits per heavy atom. The molecule has 1 atom stereocenters. The van der Waals surface area contributed by atoms with E-state index in [9.17, 15) is 0 Å². The molecule has 110 valence electrons. The fourth-order valence-electron chi connectivity index (χ4n) is 3.01. The van der Waals surface area contributed by atoms with Gasteiger partial charge in [-0.2, -0.15) is 0 Å². The van der Waals surface area contributed by atoms with E-state index in [4.69, 9.17) is 23.2 Å². The lowest BCUT2D eigenvalue weighted by Gasteiger charge is -2.32. The molecule has 0 nitrogen and oxygen atoms in total. The van der Waals surface area contributed by atoms with E-state index in [2.05, 4.69) is 48.5 Å². The molecule has 0 saturated heterocycles. The van der Waals surface area contributed by atoms with Gasteiger partial charge in [0.05, 0.1) is 0 Å². The Hall–Kier alpha value is -0.630. The molecule has 0 radical (unpaired) electrons. The molecule has 0 N–H and O–H groups in total. The molecular formula is C18H18Cl2S. The van der Waals surface area contributed by atoms with Gasteiger partial charge in [-0.3, -0.25) is 0 Å². The van der Waals surface area contributed by atoms with Gasteiger partial charge in [0, 0.05) is 27.3 Å². The number of fused-ring (bicyclic) bond motifs is 1. The number of thioether (sulfide) groups is 1. The maximum atomic E-state index is 6.35. The normalized spacial score (nSPS) is 17.7. The van der Waals surface area contributed by atoms with E-state index in [0.717, 1.165) is 12.8 Å². The van der Waals surface area contributed by atoms with E-state index in [1.807, 2.05) is 17.8 Å². The molecule has 3 heteroatoms. The van der Waals surface area contributed by atoms with Crippen molar-refractivity contribution in [2.45, 2.75) is 28.4 Å². The molecule has 0 amide bonds. The summed E-state index contributed by atoms with van der Waals surface area (Å²) >= 11 is 14.7. The largest absolute Gasteiger partial charge is 0.126 e. The van der Waals surface area contributed by atoms with Crippen molar-refractivity contribution in [1.29, 1.82) is 0 Å². The molecular weight excluding hydrogens is 319 g/mol. The van der Waals surface area contributed by atoms with Crippen molar-refractivity contribution in [2.24, 2.45) is 0 Å². The van der Waals surface area contributed by atoms with Crippen LogP contribution < -0.4 is 0 Å². The highest BCUT2D eigenvalue weighted by atomic mass is 35.5. The molecule has 0 aromatic heterocycles. The fourth-order valence-corrected chi connectivity index (χ4v) is 5.31. The summed E-state index contributed by atoms with van der Waals surface area (Å²) in [6, 6.07) is 19.2. The molecule has 0 spiro atoms. The van der Waals surface area contributed by atoms with Crippen LogP contribution in [0.5, 0.6) is 0 Å². The monoisotopic (exact) mass is 336 g/mol. The Balaban J connectivity index is 1.82. The van der Waals surface area contributed by atoms with Crippen LogP contribution in [-0.2, 0) is 11.8 Å². The number of rotatable bonds is 5. The van der Waals surface area contributed by atoms with Crippen molar-refractivity contribution in [3.05, 3.63) is 65.7 Å². The molecule has 1 unspecified atom stereocenters. The molecule has 2 aromatic rings. The van der Waals surface area contributed by atoms with E-state index in [0.29, 0.717) is 17.0 Å². The Bertz CT molecular complexity index is 568. The SMILES string of the molecule is ClCC(CCl)(CC1Cc2ccccc2S1)c1ccccc1. The van der Waals surface area contributed by atoms with Crippen LogP contribution >= 0.6 is 35.0 Å². The van der Waals surface area contributed by atoms with Crippen molar-refractivity contribution in [3.8, 4) is 0 Å². The highest BCUT2D eigenvalue weighted by Crippen LogP contribution is 2.44.